The molecule has 0 bridgehead atoms. The molecule has 3 nitrogen and oxygen atoms in total. The van der Waals surface area contributed by atoms with Crippen molar-refractivity contribution in [3.8, 4) is 11.1 Å². The largest absolute Gasteiger partial charge is 0.388 e. The van der Waals surface area contributed by atoms with Crippen LogP contribution in [-0.4, -0.2) is 29.0 Å². The van der Waals surface area contributed by atoms with Gasteiger partial charge in [0.2, 0.25) is 0 Å². The van der Waals surface area contributed by atoms with E-state index in [9.17, 15) is 9.90 Å². The normalized spacial score (nSPS) is 15.3. The molecule has 22 heavy (non-hydrogen) atoms. The highest BCUT2D eigenvalue weighted by atomic mass is 16.3. The van der Waals surface area contributed by atoms with Crippen LogP contribution in [-0.2, 0) is 0 Å². The second kappa shape index (κ2) is 6.32. The highest BCUT2D eigenvalue weighted by Crippen LogP contribution is 2.24. The van der Waals surface area contributed by atoms with E-state index < -0.39 is 6.10 Å². The summed E-state index contributed by atoms with van der Waals surface area (Å²) in [4.78, 5) is 14.0. The number of hydrogen-bond acceptors (Lipinski definition) is 2. The Balaban J connectivity index is 1.76. The number of hydrogen-bond donors (Lipinski definition) is 1. The zero-order valence-electron chi connectivity index (χ0n) is 12.8. The first-order valence-corrected chi connectivity index (χ1v) is 7.87. The van der Waals surface area contributed by atoms with Crippen LogP contribution >= 0.6 is 0 Å². The fourth-order valence-corrected chi connectivity index (χ4v) is 2.64. The van der Waals surface area contributed by atoms with Gasteiger partial charge in [0.25, 0.3) is 5.91 Å². The molecule has 1 atom stereocenters. The van der Waals surface area contributed by atoms with Crippen molar-refractivity contribution in [3.63, 3.8) is 0 Å². The topological polar surface area (TPSA) is 40.5 Å². The first-order valence-electron chi connectivity index (χ1n) is 7.87. The summed E-state index contributed by atoms with van der Waals surface area (Å²) in [6, 6.07) is 15.7. The summed E-state index contributed by atoms with van der Waals surface area (Å²) in [7, 11) is 0. The Morgan fingerprint density at radius 3 is 2.05 bits per heavy atom. The molecule has 0 radical (unpaired) electrons. The maximum absolute atomic E-state index is 12.1. The molecule has 1 N–H and O–H groups in total. The molecule has 1 aliphatic rings. The van der Waals surface area contributed by atoms with Gasteiger partial charge in [0, 0.05) is 18.7 Å². The maximum atomic E-state index is 12.1. The number of nitrogens with zero attached hydrogens (tertiary/aromatic N) is 1. The van der Waals surface area contributed by atoms with Crippen LogP contribution in [0.3, 0.4) is 0 Å². The van der Waals surface area contributed by atoms with E-state index in [1.54, 1.807) is 0 Å². The van der Waals surface area contributed by atoms with Gasteiger partial charge < -0.3 is 10.0 Å². The van der Waals surface area contributed by atoms with Crippen LogP contribution in [0.4, 0.5) is 0 Å². The van der Waals surface area contributed by atoms with E-state index in [0.717, 1.165) is 41.8 Å². The molecule has 2 aromatic rings. The van der Waals surface area contributed by atoms with Crippen LogP contribution in [0.2, 0.25) is 0 Å². The van der Waals surface area contributed by atoms with Gasteiger partial charge in [-0.3, -0.25) is 4.79 Å². The van der Waals surface area contributed by atoms with Gasteiger partial charge in [-0.25, -0.2) is 0 Å². The Morgan fingerprint density at radius 2 is 1.59 bits per heavy atom. The van der Waals surface area contributed by atoms with Crippen LogP contribution in [0.25, 0.3) is 11.1 Å². The van der Waals surface area contributed by atoms with E-state index in [-0.39, 0.29) is 5.91 Å². The van der Waals surface area contributed by atoms with E-state index in [1.165, 1.54) is 0 Å². The van der Waals surface area contributed by atoms with Gasteiger partial charge in [-0.1, -0.05) is 43.3 Å². The number of likely N-dealkylation sites (tertiary alicyclic amines) is 1. The molecule has 1 saturated heterocycles. The van der Waals surface area contributed by atoms with Crippen LogP contribution in [0.15, 0.2) is 48.5 Å². The minimum absolute atomic E-state index is 0.124. The van der Waals surface area contributed by atoms with Gasteiger partial charge >= 0.3 is 0 Å². The van der Waals surface area contributed by atoms with Crippen LogP contribution in [0.1, 0.15) is 41.8 Å². The fraction of sp³-hybridized carbons (Fsp3) is 0.316. The molecule has 1 amide bonds. The Morgan fingerprint density at radius 1 is 1.05 bits per heavy atom. The first kappa shape index (κ1) is 14.8. The molecular weight excluding hydrogens is 274 g/mol. The van der Waals surface area contributed by atoms with E-state index >= 15 is 0 Å². The van der Waals surface area contributed by atoms with Crippen molar-refractivity contribution in [1.82, 2.24) is 4.90 Å². The van der Waals surface area contributed by atoms with E-state index in [2.05, 4.69) is 0 Å². The summed E-state index contributed by atoms with van der Waals surface area (Å²) in [6.45, 7) is 3.72. The van der Waals surface area contributed by atoms with Gasteiger partial charge in [-0.2, -0.15) is 0 Å². The van der Waals surface area contributed by atoms with Gasteiger partial charge in [-0.15, -0.1) is 0 Å². The number of carbonyl (C=O) groups excluding carboxylic acids is 1. The third-order valence-electron chi connectivity index (χ3n) is 4.29. The Labute approximate surface area is 131 Å². The molecule has 1 aliphatic heterocycles. The molecule has 0 spiro atoms. The van der Waals surface area contributed by atoms with Crippen molar-refractivity contribution in [2.45, 2.75) is 25.9 Å². The Bertz CT molecular complexity index is 642. The summed E-state index contributed by atoms with van der Waals surface area (Å²) in [5.41, 5.74) is 3.87. The van der Waals surface area contributed by atoms with E-state index in [0.29, 0.717) is 6.42 Å². The molecule has 114 valence electrons. The lowest BCUT2D eigenvalue weighted by atomic mass is 9.99. The lowest BCUT2D eigenvalue weighted by Gasteiger charge is -2.30. The molecule has 1 heterocycles. The summed E-state index contributed by atoms with van der Waals surface area (Å²) in [5, 5.41) is 9.83. The minimum atomic E-state index is -0.398. The lowest BCUT2D eigenvalue weighted by molar-refractivity contribution is 0.0652. The third-order valence-corrected chi connectivity index (χ3v) is 4.29. The zero-order valence-corrected chi connectivity index (χ0v) is 12.8. The monoisotopic (exact) mass is 295 g/mol. The lowest BCUT2D eigenvalue weighted by Crippen LogP contribution is -2.41. The summed E-state index contributed by atoms with van der Waals surface area (Å²) >= 11 is 0. The standard InChI is InChI=1S/C19H21NO2/c1-2-18(21)16-8-4-14(5-9-16)15-6-10-17(11-7-15)19(22)20-12-3-13-20/h4-11,18,21H,2-3,12-13H2,1H3/t18-/m1/s1. The second-order valence-corrected chi connectivity index (χ2v) is 5.77. The van der Waals surface area contributed by atoms with Crippen molar-refractivity contribution in [3.05, 3.63) is 59.7 Å². The molecule has 0 saturated carbocycles. The van der Waals surface area contributed by atoms with Crippen LogP contribution in [0.5, 0.6) is 0 Å². The number of amides is 1. The number of benzene rings is 2. The Kier molecular flexibility index (Phi) is 4.25. The summed E-state index contributed by atoms with van der Waals surface area (Å²) in [5.74, 6) is 0.124. The van der Waals surface area contributed by atoms with Gasteiger partial charge in [0.05, 0.1) is 6.10 Å². The highest BCUT2D eigenvalue weighted by Gasteiger charge is 2.21. The van der Waals surface area contributed by atoms with Crippen molar-refractivity contribution >= 4 is 5.91 Å². The first-order chi connectivity index (χ1) is 10.7. The summed E-state index contributed by atoms with van der Waals surface area (Å²) < 4.78 is 0. The summed E-state index contributed by atoms with van der Waals surface area (Å²) in [6.07, 6.45) is 1.43. The average molecular weight is 295 g/mol. The number of rotatable bonds is 4. The van der Waals surface area contributed by atoms with Crippen molar-refractivity contribution in [2.75, 3.05) is 13.1 Å². The third kappa shape index (κ3) is 2.90. The molecule has 0 aliphatic carbocycles. The average Bonchev–Trinajstić information content (AvgIpc) is 2.53. The van der Waals surface area contributed by atoms with Crippen LogP contribution < -0.4 is 0 Å². The molecule has 3 rings (SSSR count). The molecule has 2 aromatic carbocycles. The molecular formula is C19H21NO2. The molecule has 0 unspecified atom stereocenters. The number of carbonyl (C=O) groups is 1. The smallest absolute Gasteiger partial charge is 0.253 e. The predicted octanol–water partition coefficient (Wildman–Crippen LogP) is 3.64. The zero-order chi connectivity index (χ0) is 15.5. The van der Waals surface area contributed by atoms with Crippen molar-refractivity contribution < 1.29 is 9.90 Å². The Hall–Kier alpha value is -2.13. The maximum Gasteiger partial charge on any atom is 0.253 e. The van der Waals surface area contributed by atoms with Gasteiger partial charge in [-0.05, 0) is 41.7 Å². The van der Waals surface area contributed by atoms with Crippen molar-refractivity contribution in [1.29, 1.82) is 0 Å². The predicted molar refractivity (Wildman–Crippen MR) is 87.6 cm³/mol. The fourth-order valence-electron chi connectivity index (χ4n) is 2.64. The minimum Gasteiger partial charge on any atom is -0.388 e. The molecule has 1 fully saturated rings. The van der Waals surface area contributed by atoms with E-state index in [1.807, 2.05) is 60.4 Å². The second-order valence-electron chi connectivity index (χ2n) is 5.77. The molecule has 0 aromatic heterocycles. The number of aliphatic hydroxyl groups is 1. The quantitative estimate of drug-likeness (QED) is 0.935. The van der Waals surface area contributed by atoms with E-state index in [4.69, 9.17) is 0 Å². The van der Waals surface area contributed by atoms with Crippen molar-refractivity contribution in [2.24, 2.45) is 0 Å². The van der Waals surface area contributed by atoms with Gasteiger partial charge in [0.15, 0.2) is 0 Å². The van der Waals surface area contributed by atoms with Crippen LogP contribution in [0, 0.1) is 0 Å². The SMILES string of the molecule is CC[C@@H](O)c1ccc(-c2ccc(C(=O)N3CCC3)cc2)cc1. The molecule has 3 heteroatoms. The van der Waals surface area contributed by atoms with Gasteiger partial charge in [0.1, 0.15) is 0 Å². The number of aliphatic hydroxyl groups excluding tert-OH is 1. The highest BCUT2D eigenvalue weighted by molar-refractivity contribution is 5.95.